The summed E-state index contributed by atoms with van der Waals surface area (Å²) in [5, 5.41) is 3.07. The van der Waals surface area contributed by atoms with E-state index >= 15 is 0 Å². The molecule has 1 amide bonds. The summed E-state index contributed by atoms with van der Waals surface area (Å²) in [5.41, 5.74) is 1.75. The minimum atomic E-state index is -0.119. The maximum Gasteiger partial charge on any atom is 0.255 e. The lowest BCUT2D eigenvalue weighted by atomic mass is 10.0. The first-order chi connectivity index (χ1) is 12.3. The van der Waals surface area contributed by atoms with Crippen molar-refractivity contribution in [3.05, 3.63) is 65.7 Å². The molecular formula is C20H24N2O3. The number of amides is 1. The molecule has 0 unspecified atom stereocenters. The van der Waals surface area contributed by atoms with E-state index in [1.54, 1.807) is 19.2 Å². The van der Waals surface area contributed by atoms with Crippen molar-refractivity contribution in [3.63, 3.8) is 0 Å². The second kappa shape index (κ2) is 8.65. The number of hydrogen-bond acceptors (Lipinski definition) is 4. The quantitative estimate of drug-likeness (QED) is 0.878. The number of rotatable bonds is 6. The molecule has 1 saturated heterocycles. The van der Waals surface area contributed by atoms with E-state index in [4.69, 9.17) is 9.47 Å². The lowest BCUT2D eigenvalue weighted by molar-refractivity contribution is 0.0162. The Morgan fingerprint density at radius 3 is 2.52 bits per heavy atom. The van der Waals surface area contributed by atoms with Crippen LogP contribution in [-0.2, 0) is 4.74 Å². The van der Waals surface area contributed by atoms with Gasteiger partial charge in [0.25, 0.3) is 5.91 Å². The van der Waals surface area contributed by atoms with Gasteiger partial charge >= 0.3 is 0 Å². The Morgan fingerprint density at radius 1 is 1.12 bits per heavy atom. The van der Waals surface area contributed by atoms with Gasteiger partial charge in [0.15, 0.2) is 0 Å². The van der Waals surface area contributed by atoms with E-state index in [-0.39, 0.29) is 11.9 Å². The standard InChI is InChI=1S/C20H24N2O3/c1-24-19-10-6-5-9-17(19)20(23)21-15-18(16-7-3-2-4-8-16)22-11-13-25-14-12-22/h2-10,18H,11-15H2,1H3,(H,21,23)/t18-/m0/s1. The van der Waals surface area contributed by atoms with Gasteiger partial charge in [-0.3, -0.25) is 9.69 Å². The van der Waals surface area contributed by atoms with Crippen molar-refractivity contribution in [2.45, 2.75) is 6.04 Å². The molecule has 1 aliphatic heterocycles. The Kier molecular flexibility index (Phi) is 6.04. The second-order valence-corrected chi connectivity index (χ2v) is 5.99. The molecular weight excluding hydrogens is 316 g/mol. The number of para-hydroxylation sites is 1. The Morgan fingerprint density at radius 2 is 1.80 bits per heavy atom. The highest BCUT2D eigenvalue weighted by Gasteiger charge is 2.23. The van der Waals surface area contributed by atoms with Gasteiger partial charge in [0.05, 0.1) is 31.9 Å². The fraction of sp³-hybridized carbons (Fsp3) is 0.350. The predicted molar refractivity (Wildman–Crippen MR) is 96.9 cm³/mol. The topological polar surface area (TPSA) is 50.8 Å². The van der Waals surface area contributed by atoms with Gasteiger partial charge in [-0.1, -0.05) is 42.5 Å². The van der Waals surface area contributed by atoms with E-state index in [0.717, 1.165) is 26.3 Å². The van der Waals surface area contributed by atoms with Crippen LogP contribution in [0, 0.1) is 0 Å². The van der Waals surface area contributed by atoms with Gasteiger partial charge in [0.1, 0.15) is 5.75 Å². The number of nitrogens with zero attached hydrogens (tertiary/aromatic N) is 1. The SMILES string of the molecule is COc1ccccc1C(=O)NC[C@@H](c1ccccc1)N1CCOCC1. The summed E-state index contributed by atoms with van der Waals surface area (Å²) < 4.78 is 10.8. The van der Waals surface area contributed by atoms with Gasteiger partial charge in [-0.2, -0.15) is 0 Å². The van der Waals surface area contributed by atoms with Gasteiger partial charge in [-0.15, -0.1) is 0 Å². The lowest BCUT2D eigenvalue weighted by Gasteiger charge is -2.35. The van der Waals surface area contributed by atoms with Gasteiger partial charge in [0, 0.05) is 19.6 Å². The first-order valence-electron chi connectivity index (χ1n) is 8.57. The molecule has 5 nitrogen and oxygen atoms in total. The second-order valence-electron chi connectivity index (χ2n) is 5.99. The fourth-order valence-electron chi connectivity index (χ4n) is 3.14. The fourth-order valence-corrected chi connectivity index (χ4v) is 3.14. The van der Waals surface area contributed by atoms with Crippen LogP contribution in [0.3, 0.4) is 0 Å². The summed E-state index contributed by atoms with van der Waals surface area (Å²) in [7, 11) is 1.58. The van der Waals surface area contributed by atoms with Gasteiger partial charge in [-0.25, -0.2) is 0 Å². The molecule has 5 heteroatoms. The highest BCUT2D eigenvalue weighted by Crippen LogP contribution is 2.22. The number of carbonyl (C=O) groups excluding carboxylic acids is 1. The van der Waals surface area contributed by atoms with E-state index in [2.05, 4.69) is 22.3 Å². The van der Waals surface area contributed by atoms with Crippen molar-refractivity contribution in [2.24, 2.45) is 0 Å². The molecule has 2 aromatic carbocycles. The number of benzene rings is 2. The first kappa shape index (κ1) is 17.5. The third kappa shape index (κ3) is 4.38. The maximum atomic E-state index is 12.6. The summed E-state index contributed by atoms with van der Waals surface area (Å²) in [6.45, 7) is 3.72. The molecule has 0 spiro atoms. The zero-order valence-electron chi connectivity index (χ0n) is 14.5. The Labute approximate surface area is 148 Å². The van der Waals surface area contributed by atoms with E-state index in [1.165, 1.54) is 5.56 Å². The minimum Gasteiger partial charge on any atom is -0.496 e. The monoisotopic (exact) mass is 340 g/mol. The number of ether oxygens (including phenoxy) is 2. The van der Waals surface area contributed by atoms with Gasteiger partial charge in [-0.05, 0) is 17.7 Å². The maximum absolute atomic E-state index is 12.6. The first-order valence-corrected chi connectivity index (χ1v) is 8.57. The van der Waals surface area contributed by atoms with Crippen LogP contribution in [0.4, 0.5) is 0 Å². The van der Waals surface area contributed by atoms with Crippen LogP contribution in [0.15, 0.2) is 54.6 Å². The molecule has 0 saturated carbocycles. The predicted octanol–water partition coefficient (Wildman–Crippen LogP) is 2.50. The molecule has 0 bridgehead atoms. The van der Waals surface area contributed by atoms with E-state index in [9.17, 15) is 4.79 Å². The molecule has 1 aliphatic rings. The Hall–Kier alpha value is -2.37. The molecule has 2 aromatic rings. The third-order valence-corrected chi connectivity index (χ3v) is 4.48. The summed E-state index contributed by atoms with van der Waals surface area (Å²) >= 11 is 0. The average Bonchev–Trinajstić information content (AvgIpc) is 2.69. The Balaban J connectivity index is 1.73. The normalized spacial score (nSPS) is 16.2. The van der Waals surface area contributed by atoms with Crippen LogP contribution in [0.25, 0.3) is 0 Å². The van der Waals surface area contributed by atoms with E-state index in [1.807, 2.05) is 30.3 Å². The molecule has 0 aliphatic carbocycles. The van der Waals surface area contributed by atoms with Crippen LogP contribution in [0.2, 0.25) is 0 Å². The van der Waals surface area contributed by atoms with Gasteiger partial charge in [0.2, 0.25) is 0 Å². The van der Waals surface area contributed by atoms with Crippen molar-refractivity contribution in [3.8, 4) is 5.75 Å². The molecule has 0 aromatic heterocycles. The van der Waals surface area contributed by atoms with Crippen LogP contribution in [-0.4, -0.2) is 50.8 Å². The van der Waals surface area contributed by atoms with E-state index < -0.39 is 0 Å². The molecule has 1 heterocycles. The van der Waals surface area contributed by atoms with Crippen molar-refractivity contribution in [1.29, 1.82) is 0 Å². The molecule has 3 rings (SSSR count). The minimum absolute atomic E-state index is 0.119. The summed E-state index contributed by atoms with van der Waals surface area (Å²) in [5.74, 6) is 0.467. The van der Waals surface area contributed by atoms with Crippen molar-refractivity contribution < 1.29 is 14.3 Å². The number of hydrogen-bond donors (Lipinski definition) is 1. The molecule has 1 fully saturated rings. The summed E-state index contributed by atoms with van der Waals surface area (Å²) in [4.78, 5) is 15.0. The van der Waals surface area contributed by atoms with E-state index in [0.29, 0.717) is 17.9 Å². The smallest absolute Gasteiger partial charge is 0.255 e. The lowest BCUT2D eigenvalue weighted by Crippen LogP contribution is -2.43. The zero-order chi connectivity index (χ0) is 17.5. The number of morpholine rings is 1. The Bertz CT molecular complexity index is 684. The molecule has 1 N–H and O–H groups in total. The van der Waals surface area contributed by atoms with Crippen molar-refractivity contribution in [1.82, 2.24) is 10.2 Å². The van der Waals surface area contributed by atoms with Crippen LogP contribution in [0.1, 0.15) is 22.0 Å². The largest absolute Gasteiger partial charge is 0.496 e. The van der Waals surface area contributed by atoms with Crippen molar-refractivity contribution in [2.75, 3.05) is 40.0 Å². The summed E-state index contributed by atoms with van der Waals surface area (Å²) in [6.07, 6.45) is 0. The molecule has 25 heavy (non-hydrogen) atoms. The van der Waals surface area contributed by atoms with Gasteiger partial charge < -0.3 is 14.8 Å². The van der Waals surface area contributed by atoms with Crippen LogP contribution in [0.5, 0.6) is 5.75 Å². The highest BCUT2D eigenvalue weighted by atomic mass is 16.5. The molecule has 1 atom stereocenters. The molecule has 132 valence electrons. The van der Waals surface area contributed by atoms with Crippen LogP contribution < -0.4 is 10.1 Å². The highest BCUT2D eigenvalue weighted by molar-refractivity contribution is 5.96. The number of nitrogens with one attached hydrogen (secondary N) is 1. The third-order valence-electron chi connectivity index (χ3n) is 4.48. The zero-order valence-corrected chi connectivity index (χ0v) is 14.5. The summed E-state index contributed by atoms with van der Waals surface area (Å²) in [6, 6.07) is 17.7. The number of methoxy groups -OCH3 is 1. The number of carbonyl (C=O) groups is 1. The average molecular weight is 340 g/mol. The van der Waals surface area contributed by atoms with Crippen LogP contribution >= 0.6 is 0 Å². The van der Waals surface area contributed by atoms with Crippen molar-refractivity contribution >= 4 is 5.91 Å². The molecule has 0 radical (unpaired) electrons.